The Morgan fingerprint density at radius 3 is 3.00 bits per heavy atom. The minimum absolute atomic E-state index is 0. The summed E-state index contributed by atoms with van der Waals surface area (Å²) in [6.07, 6.45) is 3.86. The third-order valence-electron chi connectivity index (χ3n) is 3.50. The van der Waals surface area contributed by atoms with E-state index in [1.165, 1.54) is 43.6 Å². The molecule has 0 bridgehead atoms. The van der Waals surface area contributed by atoms with Gasteiger partial charge < -0.3 is 10.6 Å². The topological polar surface area (TPSA) is 24.1 Å². The van der Waals surface area contributed by atoms with Gasteiger partial charge in [0.1, 0.15) is 0 Å². The van der Waals surface area contributed by atoms with Gasteiger partial charge in [-0.3, -0.25) is 0 Å². The predicted octanol–water partition coefficient (Wildman–Crippen LogP) is 2.55. The maximum absolute atomic E-state index is 3.58. The first kappa shape index (κ1) is 15.5. The molecule has 0 saturated carbocycles. The Labute approximate surface area is 117 Å². The van der Waals surface area contributed by atoms with E-state index in [4.69, 9.17) is 0 Å². The molecule has 2 nitrogen and oxygen atoms in total. The summed E-state index contributed by atoms with van der Waals surface area (Å²) in [6.45, 7) is 6.82. The first-order valence-corrected chi connectivity index (χ1v) is 6.81. The number of rotatable bonds is 5. The number of nitrogens with one attached hydrogen (secondary N) is 2. The SMILES string of the molecule is Cc1cccc(CCNCC2CCCNC2)c1.Cl. The fourth-order valence-corrected chi connectivity index (χ4v) is 2.50. The molecule has 0 amide bonds. The van der Waals surface area contributed by atoms with Gasteiger partial charge in [-0.15, -0.1) is 12.4 Å². The van der Waals surface area contributed by atoms with E-state index in [1.807, 2.05) is 0 Å². The summed E-state index contributed by atoms with van der Waals surface area (Å²) in [5.74, 6) is 0.834. The Bertz CT molecular complexity index is 335. The summed E-state index contributed by atoms with van der Waals surface area (Å²) >= 11 is 0. The molecule has 1 heterocycles. The van der Waals surface area contributed by atoms with E-state index in [2.05, 4.69) is 41.8 Å². The van der Waals surface area contributed by atoms with Gasteiger partial charge in [-0.2, -0.15) is 0 Å². The van der Waals surface area contributed by atoms with Crippen molar-refractivity contribution in [3.63, 3.8) is 0 Å². The smallest absolute Gasteiger partial charge is 0.000823 e. The molecule has 1 atom stereocenters. The van der Waals surface area contributed by atoms with Gasteiger partial charge in [0, 0.05) is 0 Å². The zero-order chi connectivity index (χ0) is 11.9. The van der Waals surface area contributed by atoms with Gasteiger partial charge in [0.05, 0.1) is 0 Å². The molecule has 3 heteroatoms. The van der Waals surface area contributed by atoms with Crippen LogP contribution >= 0.6 is 12.4 Å². The first-order valence-electron chi connectivity index (χ1n) is 6.81. The molecule has 1 aromatic rings. The van der Waals surface area contributed by atoms with Crippen LogP contribution in [0, 0.1) is 12.8 Å². The van der Waals surface area contributed by atoms with Crippen LogP contribution in [0.3, 0.4) is 0 Å². The highest BCUT2D eigenvalue weighted by atomic mass is 35.5. The Balaban J connectivity index is 0.00000162. The number of hydrogen-bond donors (Lipinski definition) is 2. The molecule has 0 radical (unpaired) electrons. The molecule has 1 saturated heterocycles. The highest BCUT2D eigenvalue weighted by Gasteiger charge is 2.11. The third-order valence-corrected chi connectivity index (χ3v) is 3.50. The maximum atomic E-state index is 3.58. The quantitative estimate of drug-likeness (QED) is 0.802. The zero-order valence-corrected chi connectivity index (χ0v) is 12.1. The Kier molecular flexibility index (Phi) is 7.33. The van der Waals surface area contributed by atoms with Crippen LogP contribution in [0.1, 0.15) is 24.0 Å². The van der Waals surface area contributed by atoms with E-state index in [0.717, 1.165) is 18.9 Å². The lowest BCUT2D eigenvalue weighted by molar-refractivity contribution is 0.361. The molecule has 0 spiro atoms. The highest BCUT2D eigenvalue weighted by Crippen LogP contribution is 2.08. The van der Waals surface area contributed by atoms with Crippen molar-refractivity contribution >= 4 is 12.4 Å². The fraction of sp³-hybridized carbons (Fsp3) is 0.600. The number of aryl methyl sites for hydroxylation is 1. The number of benzene rings is 1. The van der Waals surface area contributed by atoms with Crippen molar-refractivity contribution in [1.29, 1.82) is 0 Å². The molecule has 0 aliphatic carbocycles. The molecule has 102 valence electrons. The fourth-order valence-electron chi connectivity index (χ4n) is 2.50. The Morgan fingerprint density at radius 1 is 1.39 bits per heavy atom. The van der Waals surface area contributed by atoms with Crippen LogP contribution in [0.5, 0.6) is 0 Å². The van der Waals surface area contributed by atoms with E-state index >= 15 is 0 Å². The molecule has 1 aromatic carbocycles. The average Bonchev–Trinajstić information content (AvgIpc) is 2.36. The first-order chi connectivity index (χ1) is 8.34. The van der Waals surface area contributed by atoms with Crippen molar-refractivity contribution in [2.75, 3.05) is 26.2 Å². The third kappa shape index (κ3) is 5.38. The second kappa shape index (κ2) is 8.52. The van der Waals surface area contributed by atoms with Gasteiger partial charge in [-0.05, 0) is 63.8 Å². The van der Waals surface area contributed by atoms with Crippen LogP contribution in [0.25, 0.3) is 0 Å². The highest BCUT2D eigenvalue weighted by molar-refractivity contribution is 5.85. The molecule has 0 aromatic heterocycles. The van der Waals surface area contributed by atoms with E-state index in [1.54, 1.807) is 0 Å². The predicted molar refractivity (Wildman–Crippen MR) is 80.6 cm³/mol. The second-order valence-corrected chi connectivity index (χ2v) is 5.16. The van der Waals surface area contributed by atoms with Gasteiger partial charge >= 0.3 is 0 Å². The van der Waals surface area contributed by atoms with Crippen molar-refractivity contribution in [3.05, 3.63) is 35.4 Å². The standard InChI is InChI=1S/C15H24N2.ClH/c1-13-4-2-5-14(10-13)7-9-17-12-15-6-3-8-16-11-15;/h2,4-5,10,15-17H,3,6-9,11-12H2,1H3;1H. The maximum Gasteiger partial charge on any atom is -0.000823 e. The zero-order valence-electron chi connectivity index (χ0n) is 11.2. The van der Waals surface area contributed by atoms with Crippen molar-refractivity contribution in [3.8, 4) is 0 Å². The van der Waals surface area contributed by atoms with Crippen molar-refractivity contribution in [1.82, 2.24) is 10.6 Å². The summed E-state index contributed by atoms with van der Waals surface area (Å²) in [5.41, 5.74) is 2.80. The lowest BCUT2D eigenvalue weighted by Gasteiger charge is -2.22. The average molecular weight is 269 g/mol. The van der Waals surface area contributed by atoms with E-state index in [-0.39, 0.29) is 12.4 Å². The Hall–Kier alpha value is -0.570. The van der Waals surface area contributed by atoms with Crippen LogP contribution in [-0.2, 0) is 6.42 Å². The van der Waals surface area contributed by atoms with E-state index in [9.17, 15) is 0 Å². The van der Waals surface area contributed by atoms with Gasteiger partial charge in [-0.25, -0.2) is 0 Å². The van der Waals surface area contributed by atoms with Gasteiger partial charge in [0.15, 0.2) is 0 Å². The molecule has 1 unspecified atom stereocenters. The largest absolute Gasteiger partial charge is 0.316 e. The minimum atomic E-state index is 0. The second-order valence-electron chi connectivity index (χ2n) is 5.16. The Morgan fingerprint density at radius 2 is 2.28 bits per heavy atom. The number of hydrogen-bond acceptors (Lipinski definition) is 2. The van der Waals surface area contributed by atoms with Crippen LogP contribution in [0.15, 0.2) is 24.3 Å². The van der Waals surface area contributed by atoms with Crippen LogP contribution in [-0.4, -0.2) is 26.2 Å². The molecular formula is C15H25ClN2. The van der Waals surface area contributed by atoms with Gasteiger partial charge in [0.2, 0.25) is 0 Å². The van der Waals surface area contributed by atoms with E-state index < -0.39 is 0 Å². The molecule has 1 aliphatic rings. The minimum Gasteiger partial charge on any atom is -0.316 e. The molecule has 1 aliphatic heterocycles. The summed E-state index contributed by atoms with van der Waals surface area (Å²) in [5, 5.41) is 7.04. The van der Waals surface area contributed by atoms with Gasteiger partial charge in [-0.1, -0.05) is 29.8 Å². The summed E-state index contributed by atoms with van der Waals surface area (Å²) < 4.78 is 0. The molecule has 2 N–H and O–H groups in total. The van der Waals surface area contributed by atoms with Gasteiger partial charge in [0.25, 0.3) is 0 Å². The molecule has 18 heavy (non-hydrogen) atoms. The molecule has 2 rings (SSSR count). The summed E-state index contributed by atoms with van der Waals surface area (Å²) in [4.78, 5) is 0. The summed E-state index contributed by atoms with van der Waals surface area (Å²) in [7, 11) is 0. The monoisotopic (exact) mass is 268 g/mol. The van der Waals surface area contributed by atoms with Crippen LogP contribution < -0.4 is 10.6 Å². The van der Waals surface area contributed by atoms with E-state index in [0.29, 0.717) is 0 Å². The lowest BCUT2D eigenvalue weighted by Crippen LogP contribution is -2.36. The molecule has 1 fully saturated rings. The van der Waals surface area contributed by atoms with Crippen molar-refractivity contribution < 1.29 is 0 Å². The summed E-state index contributed by atoms with van der Waals surface area (Å²) in [6, 6.07) is 8.81. The lowest BCUT2D eigenvalue weighted by atomic mass is 10.00. The van der Waals surface area contributed by atoms with Crippen molar-refractivity contribution in [2.45, 2.75) is 26.2 Å². The van der Waals surface area contributed by atoms with Crippen LogP contribution in [0.2, 0.25) is 0 Å². The number of halogens is 1. The number of piperidine rings is 1. The van der Waals surface area contributed by atoms with Crippen molar-refractivity contribution in [2.24, 2.45) is 5.92 Å². The normalized spacial score (nSPS) is 19.3. The van der Waals surface area contributed by atoms with Crippen LogP contribution in [0.4, 0.5) is 0 Å². The molecular weight excluding hydrogens is 244 g/mol.